The molecule has 1 heterocycles. The first-order valence-corrected chi connectivity index (χ1v) is 3.29. The molecular weight excluding hydrogens is 100 g/mol. The molecule has 0 aromatic rings. The summed E-state index contributed by atoms with van der Waals surface area (Å²) in [6, 6.07) is 0. The van der Waals surface area contributed by atoms with E-state index in [-0.39, 0.29) is 0 Å². The van der Waals surface area contributed by atoms with Crippen molar-refractivity contribution in [3.8, 4) is 0 Å². The standard InChI is InChI=1S/C7H13O/c1-3-4-5-7-6(2)8-7/h6-7H,1,3-5H2,2H3. The average molecular weight is 113 g/mol. The molecule has 0 aliphatic carbocycles. The molecule has 1 rings (SSSR count). The van der Waals surface area contributed by atoms with Crippen LogP contribution in [0.3, 0.4) is 0 Å². The van der Waals surface area contributed by atoms with Crippen LogP contribution in [0.4, 0.5) is 0 Å². The Bertz CT molecular complexity index is 70.8. The molecule has 47 valence electrons. The third-order valence-corrected chi connectivity index (χ3v) is 1.58. The molecule has 0 spiro atoms. The Morgan fingerprint density at radius 2 is 2.25 bits per heavy atom. The van der Waals surface area contributed by atoms with Gasteiger partial charge in [-0.25, -0.2) is 0 Å². The summed E-state index contributed by atoms with van der Waals surface area (Å²) in [5, 5.41) is 0. The second kappa shape index (κ2) is 2.49. The highest BCUT2D eigenvalue weighted by atomic mass is 16.6. The zero-order chi connectivity index (χ0) is 5.98. The first-order valence-electron chi connectivity index (χ1n) is 3.29. The normalized spacial score (nSPS) is 35.2. The van der Waals surface area contributed by atoms with Crippen LogP contribution in [-0.2, 0) is 4.74 Å². The molecule has 2 atom stereocenters. The van der Waals surface area contributed by atoms with E-state index in [2.05, 4.69) is 13.8 Å². The first-order chi connectivity index (χ1) is 3.84. The number of ether oxygens (including phenoxy) is 1. The van der Waals surface area contributed by atoms with Crippen molar-refractivity contribution in [1.82, 2.24) is 0 Å². The monoisotopic (exact) mass is 113 g/mol. The highest BCUT2D eigenvalue weighted by Crippen LogP contribution is 2.25. The largest absolute Gasteiger partial charge is 0.370 e. The van der Waals surface area contributed by atoms with Crippen molar-refractivity contribution >= 4 is 0 Å². The van der Waals surface area contributed by atoms with Crippen molar-refractivity contribution in [2.75, 3.05) is 0 Å². The molecule has 8 heavy (non-hydrogen) atoms. The molecule has 2 unspecified atom stereocenters. The molecule has 0 saturated carbocycles. The second-order valence-corrected chi connectivity index (χ2v) is 2.38. The Balaban J connectivity index is 1.89. The minimum atomic E-state index is 0.543. The van der Waals surface area contributed by atoms with Crippen molar-refractivity contribution in [1.29, 1.82) is 0 Å². The van der Waals surface area contributed by atoms with Crippen LogP contribution in [0.25, 0.3) is 0 Å². The zero-order valence-electron chi connectivity index (χ0n) is 5.39. The summed E-state index contributed by atoms with van der Waals surface area (Å²) in [7, 11) is 0. The molecule has 1 aliphatic rings. The van der Waals surface area contributed by atoms with E-state index in [4.69, 9.17) is 4.74 Å². The lowest BCUT2D eigenvalue weighted by Gasteiger charge is -1.87. The van der Waals surface area contributed by atoms with E-state index in [1.54, 1.807) is 0 Å². The van der Waals surface area contributed by atoms with Gasteiger partial charge in [0, 0.05) is 0 Å². The lowest BCUT2D eigenvalue weighted by Crippen LogP contribution is -1.87. The van der Waals surface area contributed by atoms with E-state index in [1.165, 1.54) is 12.8 Å². The van der Waals surface area contributed by atoms with Crippen molar-refractivity contribution in [3.05, 3.63) is 6.92 Å². The lowest BCUT2D eigenvalue weighted by molar-refractivity contribution is 0.367. The second-order valence-electron chi connectivity index (χ2n) is 2.38. The number of rotatable bonds is 3. The predicted molar refractivity (Wildman–Crippen MR) is 33.5 cm³/mol. The van der Waals surface area contributed by atoms with Gasteiger partial charge in [-0.15, -0.1) is 0 Å². The van der Waals surface area contributed by atoms with Crippen LogP contribution in [0, 0.1) is 6.92 Å². The van der Waals surface area contributed by atoms with Crippen molar-refractivity contribution in [2.24, 2.45) is 0 Å². The van der Waals surface area contributed by atoms with Gasteiger partial charge in [-0.3, -0.25) is 0 Å². The predicted octanol–water partition coefficient (Wildman–Crippen LogP) is 1.78. The van der Waals surface area contributed by atoms with Crippen LogP contribution in [0.15, 0.2) is 0 Å². The number of hydrogen-bond donors (Lipinski definition) is 0. The van der Waals surface area contributed by atoms with Gasteiger partial charge in [0.2, 0.25) is 0 Å². The van der Waals surface area contributed by atoms with Crippen LogP contribution in [0.2, 0.25) is 0 Å². The van der Waals surface area contributed by atoms with E-state index >= 15 is 0 Å². The van der Waals surface area contributed by atoms with E-state index in [9.17, 15) is 0 Å². The first kappa shape index (κ1) is 6.09. The fourth-order valence-electron chi connectivity index (χ4n) is 0.879. The maximum Gasteiger partial charge on any atom is 0.0839 e. The van der Waals surface area contributed by atoms with Gasteiger partial charge in [0.05, 0.1) is 12.2 Å². The number of hydrogen-bond acceptors (Lipinski definition) is 1. The van der Waals surface area contributed by atoms with Gasteiger partial charge in [-0.1, -0.05) is 19.8 Å². The third-order valence-electron chi connectivity index (χ3n) is 1.58. The van der Waals surface area contributed by atoms with Crippen LogP contribution in [-0.4, -0.2) is 12.2 Å². The highest BCUT2D eigenvalue weighted by Gasteiger charge is 2.32. The molecule has 0 aromatic heterocycles. The molecule has 1 fully saturated rings. The maximum absolute atomic E-state index is 5.19. The molecule has 1 radical (unpaired) electrons. The Kier molecular flexibility index (Phi) is 1.90. The third kappa shape index (κ3) is 1.48. The number of unbranched alkanes of at least 4 members (excludes halogenated alkanes) is 1. The number of epoxide rings is 1. The minimum absolute atomic E-state index is 0.543. The molecular formula is C7H13O. The van der Waals surface area contributed by atoms with Crippen LogP contribution in [0.5, 0.6) is 0 Å². The molecule has 1 saturated heterocycles. The van der Waals surface area contributed by atoms with Crippen LogP contribution < -0.4 is 0 Å². The molecule has 0 aromatic carbocycles. The van der Waals surface area contributed by atoms with Crippen LogP contribution >= 0.6 is 0 Å². The molecule has 0 N–H and O–H groups in total. The summed E-state index contributed by atoms with van der Waals surface area (Å²) < 4.78 is 5.19. The minimum Gasteiger partial charge on any atom is -0.370 e. The summed E-state index contributed by atoms with van der Waals surface area (Å²) in [6.07, 6.45) is 4.60. The lowest BCUT2D eigenvalue weighted by atomic mass is 10.2. The quantitative estimate of drug-likeness (QED) is 0.508. The van der Waals surface area contributed by atoms with Gasteiger partial charge in [0.25, 0.3) is 0 Å². The molecule has 1 aliphatic heterocycles. The summed E-state index contributed by atoms with van der Waals surface area (Å²) in [5.41, 5.74) is 0. The summed E-state index contributed by atoms with van der Waals surface area (Å²) in [4.78, 5) is 0. The topological polar surface area (TPSA) is 12.5 Å². The summed E-state index contributed by atoms with van der Waals surface area (Å²) in [6.45, 7) is 5.87. The fraction of sp³-hybridized carbons (Fsp3) is 0.857. The van der Waals surface area contributed by atoms with Gasteiger partial charge < -0.3 is 4.74 Å². The van der Waals surface area contributed by atoms with E-state index < -0.39 is 0 Å². The van der Waals surface area contributed by atoms with Crippen LogP contribution in [0.1, 0.15) is 26.2 Å². The van der Waals surface area contributed by atoms with E-state index in [1.807, 2.05) is 0 Å². The van der Waals surface area contributed by atoms with Crippen molar-refractivity contribution in [2.45, 2.75) is 38.4 Å². The van der Waals surface area contributed by atoms with Gasteiger partial charge >= 0.3 is 0 Å². The summed E-state index contributed by atoms with van der Waals surface area (Å²) >= 11 is 0. The Morgan fingerprint density at radius 1 is 1.62 bits per heavy atom. The molecule has 1 nitrogen and oxygen atoms in total. The van der Waals surface area contributed by atoms with Crippen molar-refractivity contribution in [3.63, 3.8) is 0 Å². The fourth-order valence-corrected chi connectivity index (χ4v) is 0.879. The Hall–Kier alpha value is -0.0400. The smallest absolute Gasteiger partial charge is 0.0839 e. The molecule has 0 amide bonds. The SMILES string of the molecule is [CH2]CCCC1OC1C. The van der Waals surface area contributed by atoms with E-state index in [0.29, 0.717) is 12.2 Å². The molecule has 1 heteroatoms. The maximum atomic E-state index is 5.19. The highest BCUT2D eigenvalue weighted by molar-refractivity contribution is 4.79. The molecule has 0 bridgehead atoms. The Morgan fingerprint density at radius 3 is 2.62 bits per heavy atom. The van der Waals surface area contributed by atoms with Gasteiger partial charge in [-0.2, -0.15) is 0 Å². The average Bonchev–Trinajstić information content (AvgIpc) is 2.42. The van der Waals surface area contributed by atoms with E-state index in [0.717, 1.165) is 6.42 Å². The van der Waals surface area contributed by atoms with Crippen molar-refractivity contribution < 1.29 is 4.74 Å². The Labute approximate surface area is 51.0 Å². The van der Waals surface area contributed by atoms with Gasteiger partial charge in [-0.05, 0) is 13.3 Å². The van der Waals surface area contributed by atoms with Gasteiger partial charge in [0.1, 0.15) is 0 Å². The zero-order valence-corrected chi connectivity index (χ0v) is 5.39. The van der Waals surface area contributed by atoms with Gasteiger partial charge in [0.15, 0.2) is 0 Å². The summed E-state index contributed by atoms with van der Waals surface area (Å²) in [5.74, 6) is 0.